The van der Waals surface area contributed by atoms with Crippen LogP contribution in [-0.4, -0.2) is 23.9 Å². The van der Waals surface area contributed by atoms with Gasteiger partial charge in [0.25, 0.3) is 0 Å². The Hall–Kier alpha value is -0.610. The summed E-state index contributed by atoms with van der Waals surface area (Å²) in [5.74, 6) is -0.349. The van der Waals surface area contributed by atoms with E-state index in [1.165, 1.54) is 0 Å². The fourth-order valence-electron chi connectivity index (χ4n) is 2.71. The summed E-state index contributed by atoms with van der Waals surface area (Å²) in [6.45, 7) is 2.10. The number of rotatable bonds is 2. The van der Waals surface area contributed by atoms with Crippen LogP contribution >= 0.6 is 12.4 Å². The maximum atomic E-state index is 11.9. The Morgan fingerprint density at radius 1 is 1.38 bits per heavy atom. The molecular weight excluding hydrogens is 230 g/mol. The molecule has 0 heterocycles. The number of Topliss-reactive ketones (excluding diaryl/α,β-unsaturated/α-hetero) is 1. The number of carbonyl (C=O) groups is 2. The Morgan fingerprint density at radius 3 is 2.38 bits per heavy atom. The molecule has 0 saturated heterocycles. The lowest BCUT2D eigenvalue weighted by atomic mass is 9.57. The molecule has 4 nitrogen and oxygen atoms in total. The van der Waals surface area contributed by atoms with Gasteiger partial charge in [-0.1, -0.05) is 0 Å². The van der Waals surface area contributed by atoms with Gasteiger partial charge in [0, 0.05) is 12.0 Å². The van der Waals surface area contributed by atoms with E-state index in [0.29, 0.717) is 25.9 Å². The Kier molecular flexibility index (Phi) is 3.65. The standard InChI is InChI=1S/C11H17NO3.ClH/c1-2-15-9(14)11-5-3-10(12,4-6-11)7-8(11)13;/h2-7,12H2,1H3;1H. The molecule has 0 amide bonds. The molecule has 2 bridgehead atoms. The SMILES string of the molecule is CCOC(=O)C12CCC(N)(CC1)CC2=O.Cl. The minimum atomic E-state index is -0.850. The lowest BCUT2D eigenvalue weighted by Crippen LogP contribution is -2.59. The molecule has 0 aromatic rings. The van der Waals surface area contributed by atoms with Gasteiger partial charge in [0.05, 0.1) is 6.61 Å². The zero-order chi connectivity index (χ0) is 11.1. The number of ketones is 1. The highest BCUT2D eigenvalue weighted by atomic mass is 35.5. The summed E-state index contributed by atoms with van der Waals surface area (Å²) in [4.78, 5) is 23.7. The second-order valence-electron chi connectivity index (χ2n) is 4.76. The summed E-state index contributed by atoms with van der Waals surface area (Å²) in [7, 11) is 0. The predicted octanol–water partition coefficient (Wildman–Crippen LogP) is 1.20. The molecule has 3 saturated carbocycles. The third-order valence-corrected chi connectivity index (χ3v) is 3.81. The van der Waals surface area contributed by atoms with Crippen molar-refractivity contribution in [1.29, 1.82) is 0 Å². The first-order valence-corrected chi connectivity index (χ1v) is 5.52. The lowest BCUT2D eigenvalue weighted by molar-refractivity contribution is -0.167. The maximum Gasteiger partial charge on any atom is 0.319 e. The van der Waals surface area contributed by atoms with Crippen molar-refractivity contribution in [3.8, 4) is 0 Å². The van der Waals surface area contributed by atoms with Crippen molar-refractivity contribution in [2.45, 2.75) is 44.6 Å². The predicted molar refractivity (Wildman–Crippen MR) is 61.3 cm³/mol. The van der Waals surface area contributed by atoms with Crippen molar-refractivity contribution in [3.05, 3.63) is 0 Å². The van der Waals surface area contributed by atoms with E-state index < -0.39 is 5.41 Å². The van der Waals surface area contributed by atoms with Crippen molar-refractivity contribution in [2.24, 2.45) is 11.1 Å². The van der Waals surface area contributed by atoms with Crippen molar-refractivity contribution < 1.29 is 14.3 Å². The van der Waals surface area contributed by atoms with E-state index >= 15 is 0 Å². The monoisotopic (exact) mass is 247 g/mol. The van der Waals surface area contributed by atoms with E-state index in [1.54, 1.807) is 6.92 Å². The molecule has 0 unspecified atom stereocenters. The van der Waals surface area contributed by atoms with E-state index in [0.717, 1.165) is 12.8 Å². The summed E-state index contributed by atoms with van der Waals surface area (Å²) in [6.07, 6.45) is 3.00. The molecule has 0 aromatic heterocycles. The van der Waals surface area contributed by atoms with Crippen LogP contribution in [0.25, 0.3) is 0 Å². The van der Waals surface area contributed by atoms with E-state index in [-0.39, 0.29) is 29.7 Å². The van der Waals surface area contributed by atoms with Crippen molar-refractivity contribution in [2.75, 3.05) is 6.61 Å². The number of fused-ring (bicyclic) bond motifs is 3. The molecule has 92 valence electrons. The van der Waals surface area contributed by atoms with Crippen LogP contribution in [-0.2, 0) is 14.3 Å². The Labute approximate surface area is 101 Å². The summed E-state index contributed by atoms with van der Waals surface area (Å²) >= 11 is 0. The van der Waals surface area contributed by atoms with Crippen molar-refractivity contribution in [1.82, 2.24) is 0 Å². The number of ether oxygens (including phenoxy) is 1. The fourth-order valence-corrected chi connectivity index (χ4v) is 2.71. The van der Waals surface area contributed by atoms with Gasteiger partial charge in [-0.15, -0.1) is 12.4 Å². The molecule has 0 spiro atoms. The summed E-state index contributed by atoms with van der Waals surface area (Å²) in [6, 6.07) is 0. The highest BCUT2D eigenvalue weighted by Gasteiger charge is 2.57. The summed E-state index contributed by atoms with van der Waals surface area (Å²) in [5, 5.41) is 0. The fraction of sp³-hybridized carbons (Fsp3) is 0.818. The zero-order valence-electron chi connectivity index (χ0n) is 9.45. The number of halogens is 1. The van der Waals surface area contributed by atoms with Gasteiger partial charge in [-0.2, -0.15) is 0 Å². The van der Waals surface area contributed by atoms with E-state index in [4.69, 9.17) is 10.5 Å². The summed E-state index contributed by atoms with van der Waals surface area (Å²) in [5.41, 5.74) is 4.85. The maximum absolute atomic E-state index is 11.9. The molecule has 16 heavy (non-hydrogen) atoms. The van der Waals surface area contributed by atoms with Crippen LogP contribution in [0.3, 0.4) is 0 Å². The van der Waals surface area contributed by atoms with Crippen molar-refractivity contribution >= 4 is 24.2 Å². The number of nitrogens with two attached hydrogens (primary N) is 1. The average molecular weight is 248 g/mol. The van der Waals surface area contributed by atoms with E-state index in [9.17, 15) is 9.59 Å². The van der Waals surface area contributed by atoms with Crippen LogP contribution in [0.4, 0.5) is 0 Å². The average Bonchev–Trinajstić information content (AvgIpc) is 2.18. The first-order chi connectivity index (χ1) is 7.02. The minimum absolute atomic E-state index is 0. The van der Waals surface area contributed by atoms with Gasteiger partial charge in [0.2, 0.25) is 0 Å². The molecule has 0 aliphatic heterocycles. The molecule has 3 aliphatic carbocycles. The quantitative estimate of drug-likeness (QED) is 0.588. The first kappa shape index (κ1) is 13.5. The van der Waals surface area contributed by atoms with Gasteiger partial charge in [-0.05, 0) is 32.6 Å². The zero-order valence-corrected chi connectivity index (χ0v) is 10.3. The van der Waals surface area contributed by atoms with Gasteiger partial charge in [0.1, 0.15) is 5.41 Å². The van der Waals surface area contributed by atoms with Crippen LogP contribution < -0.4 is 5.73 Å². The van der Waals surface area contributed by atoms with Crippen molar-refractivity contribution in [3.63, 3.8) is 0 Å². The number of carbonyl (C=O) groups excluding carboxylic acids is 2. The van der Waals surface area contributed by atoms with Crippen LogP contribution in [0.1, 0.15) is 39.0 Å². The molecule has 2 N–H and O–H groups in total. The number of hydrogen-bond acceptors (Lipinski definition) is 4. The number of hydrogen-bond donors (Lipinski definition) is 1. The third kappa shape index (κ3) is 1.84. The van der Waals surface area contributed by atoms with Gasteiger partial charge >= 0.3 is 5.97 Å². The second kappa shape index (κ2) is 4.34. The molecule has 3 rings (SSSR count). The van der Waals surface area contributed by atoms with Crippen LogP contribution in [0.15, 0.2) is 0 Å². The highest BCUT2D eigenvalue weighted by molar-refractivity contribution is 6.05. The molecule has 0 radical (unpaired) electrons. The largest absolute Gasteiger partial charge is 0.465 e. The first-order valence-electron chi connectivity index (χ1n) is 5.52. The topological polar surface area (TPSA) is 69.4 Å². The third-order valence-electron chi connectivity index (χ3n) is 3.81. The van der Waals surface area contributed by atoms with Gasteiger partial charge in [-0.25, -0.2) is 0 Å². The van der Waals surface area contributed by atoms with Crippen LogP contribution in [0.5, 0.6) is 0 Å². The summed E-state index contributed by atoms with van der Waals surface area (Å²) < 4.78 is 5.00. The Morgan fingerprint density at radius 2 is 1.94 bits per heavy atom. The molecule has 5 heteroatoms. The van der Waals surface area contributed by atoms with Gasteiger partial charge in [0.15, 0.2) is 5.78 Å². The molecule has 3 aliphatic rings. The molecule has 0 atom stereocenters. The van der Waals surface area contributed by atoms with Gasteiger partial charge in [-0.3, -0.25) is 9.59 Å². The smallest absolute Gasteiger partial charge is 0.319 e. The van der Waals surface area contributed by atoms with Crippen LogP contribution in [0, 0.1) is 5.41 Å². The lowest BCUT2D eigenvalue weighted by Gasteiger charge is -2.48. The van der Waals surface area contributed by atoms with Crippen LogP contribution in [0.2, 0.25) is 0 Å². The van der Waals surface area contributed by atoms with E-state index in [2.05, 4.69) is 0 Å². The molecule has 0 aromatic carbocycles. The normalized spacial score (nSPS) is 36.8. The Bertz CT molecular complexity index is 298. The van der Waals surface area contributed by atoms with Gasteiger partial charge < -0.3 is 10.5 Å². The molecule has 3 fully saturated rings. The van der Waals surface area contributed by atoms with E-state index in [1.807, 2.05) is 0 Å². The minimum Gasteiger partial charge on any atom is -0.465 e. The highest BCUT2D eigenvalue weighted by Crippen LogP contribution is 2.49. The second-order valence-corrected chi connectivity index (χ2v) is 4.76. The Balaban J connectivity index is 0.00000128. The molecular formula is C11H18ClNO3. The number of esters is 1.